The number of hydrogen-bond donors (Lipinski definition) is 0. The SMILES string of the molecule is C/C(=C1\SC(=S)N(c2cccc(C)c2C)C1=O)c1cccc([N+](=O)[O-])c1. The van der Waals surface area contributed by atoms with Gasteiger partial charge in [-0.1, -0.05) is 48.2 Å². The van der Waals surface area contributed by atoms with Crippen LogP contribution in [0.1, 0.15) is 23.6 Å². The van der Waals surface area contributed by atoms with Crippen LogP contribution in [0.25, 0.3) is 5.57 Å². The molecule has 0 bridgehead atoms. The van der Waals surface area contributed by atoms with E-state index in [0.29, 0.717) is 20.4 Å². The molecule has 0 aromatic heterocycles. The maximum Gasteiger partial charge on any atom is 0.271 e. The lowest BCUT2D eigenvalue weighted by atomic mass is 10.1. The number of rotatable bonds is 3. The van der Waals surface area contributed by atoms with Gasteiger partial charge in [0.15, 0.2) is 4.32 Å². The molecule has 0 N–H and O–H groups in total. The number of thiocarbonyl (C=S) groups is 1. The third-order valence-corrected chi connectivity index (χ3v) is 5.89. The number of nitro groups is 1. The summed E-state index contributed by atoms with van der Waals surface area (Å²) in [5, 5.41) is 11.0. The van der Waals surface area contributed by atoms with E-state index in [1.807, 2.05) is 32.0 Å². The zero-order valence-corrected chi connectivity index (χ0v) is 16.1. The molecule has 0 aliphatic carbocycles. The topological polar surface area (TPSA) is 63.5 Å². The highest BCUT2D eigenvalue weighted by Gasteiger charge is 2.35. The molecular weight excluding hydrogens is 368 g/mol. The molecule has 5 nitrogen and oxygen atoms in total. The van der Waals surface area contributed by atoms with Crippen molar-refractivity contribution in [1.82, 2.24) is 0 Å². The van der Waals surface area contributed by atoms with Crippen LogP contribution in [0.15, 0.2) is 47.4 Å². The lowest BCUT2D eigenvalue weighted by Crippen LogP contribution is -2.28. The van der Waals surface area contributed by atoms with Crippen LogP contribution in [0.3, 0.4) is 0 Å². The van der Waals surface area contributed by atoms with E-state index in [0.717, 1.165) is 16.8 Å². The molecule has 0 atom stereocenters. The van der Waals surface area contributed by atoms with Crippen LogP contribution in [0.5, 0.6) is 0 Å². The van der Waals surface area contributed by atoms with Gasteiger partial charge in [0.2, 0.25) is 0 Å². The van der Waals surface area contributed by atoms with Gasteiger partial charge in [0.1, 0.15) is 0 Å². The minimum Gasteiger partial charge on any atom is -0.268 e. The van der Waals surface area contributed by atoms with Crippen molar-refractivity contribution in [3.63, 3.8) is 0 Å². The number of amides is 1. The summed E-state index contributed by atoms with van der Waals surface area (Å²) in [6.07, 6.45) is 0. The second kappa shape index (κ2) is 7.01. The molecule has 1 heterocycles. The second-order valence-electron chi connectivity index (χ2n) is 5.99. The first kappa shape index (κ1) is 18.3. The largest absolute Gasteiger partial charge is 0.271 e. The maximum absolute atomic E-state index is 13.0. The molecule has 0 saturated carbocycles. The molecule has 132 valence electrons. The Labute approximate surface area is 160 Å². The number of non-ortho nitro benzene ring substituents is 1. The Kier molecular flexibility index (Phi) is 4.93. The van der Waals surface area contributed by atoms with Gasteiger partial charge in [-0.25, -0.2) is 0 Å². The van der Waals surface area contributed by atoms with Gasteiger partial charge in [-0.05, 0) is 49.1 Å². The minimum absolute atomic E-state index is 0.00754. The summed E-state index contributed by atoms with van der Waals surface area (Å²) in [7, 11) is 0. The molecule has 1 amide bonds. The third-order valence-electron chi connectivity index (χ3n) is 4.42. The fourth-order valence-electron chi connectivity index (χ4n) is 2.77. The van der Waals surface area contributed by atoms with Crippen molar-refractivity contribution < 1.29 is 9.72 Å². The quantitative estimate of drug-likeness (QED) is 0.322. The van der Waals surface area contributed by atoms with Crippen molar-refractivity contribution in [1.29, 1.82) is 0 Å². The Bertz CT molecular complexity index is 982. The summed E-state index contributed by atoms with van der Waals surface area (Å²) in [5.74, 6) is -0.197. The fraction of sp³-hybridized carbons (Fsp3) is 0.158. The summed E-state index contributed by atoms with van der Waals surface area (Å²) in [4.78, 5) is 25.6. The van der Waals surface area contributed by atoms with Crippen LogP contribution in [0, 0.1) is 24.0 Å². The van der Waals surface area contributed by atoms with Crippen molar-refractivity contribution in [2.75, 3.05) is 4.90 Å². The van der Waals surface area contributed by atoms with Crippen LogP contribution in [0.4, 0.5) is 11.4 Å². The summed E-state index contributed by atoms with van der Waals surface area (Å²) < 4.78 is 0.462. The molecule has 1 saturated heterocycles. The Balaban J connectivity index is 2.05. The van der Waals surface area contributed by atoms with E-state index in [1.54, 1.807) is 24.0 Å². The highest BCUT2D eigenvalue weighted by atomic mass is 32.2. The summed E-state index contributed by atoms with van der Waals surface area (Å²) in [6, 6.07) is 12.0. The number of thioether (sulfide) groups is 1. The number of benzene rings is 2. The first-order valence-corrected chi connectivity index (χ1v) is 9.12. The number of nitrogens with zero attached hydrogens (tertiary/aromatic N) is 2. The van der Waals surface area contributed by atoms with Crippen molar-refractivity contribution in [2.45, 2.75) is 20.8 Å². The van der Waals surface area contributed by atoms with Crippen LogP contribution in [-0.2, 0) is 4.79 Å². The number of nitro benzene ring substituents is 1. The normalized spacial score (nSPS) is 16.2. The summed E-state index contributed by atoms with van der Waals surface area (Å²) in [6.45, 7) is 5.73. The molecule has 2 aromatic rings. The summed E-state index contributed by atoms with van der Waals surface area (Å²) >= 11 is 6.67. The first-order valence-electron chi connectivity index (χ1n) is 7.89. The highest BCUT2D eigenvalue weighted by Crippen LogP contribution is 2.40. The molecule has 1 aliphatic heterocycles. The zero-order valence-electron chi connectivity index (χ0n) is 14.5. The highest BCUT2D eigenvalue weighted by molar-refractivity contribution is 8.27. The van der Waals surface area contributed by atoms with Crippen molar-refractivity contribution >= 4 is 51.2 Å². The van der Waals surface area contributed by atoms with Gasteiger partial charge >= 0.3 is 0 Å². The molecule has 0 spiro atoms. The molecule has 2 aromatic carbocycles. The zero-order chi connectivity index (χ0) is 19.0. The first-order chi connectivity index (χ1) is 12.3. The number of anilines is 1. The fourth-order valence-corrected chi connectivity index (χ4v) is 4.10. The Hall–Kier alpha value is -2.51. The Morgan fingerprint density at radius 3 is 2.58 bits per heavy atom. The molecule has 1 aliphatic rings. The van der Waals surface area contributed by atoms with Gasteiger partial charge < -0.3 is 0 Å². The van der Waals surface area contributed by atoms with E-state index >= 15 is 0 Å². The minimum atomic E-state index is -0.446. The van der Waals surface area contributed by atoms with E-state index < -0.39 is 4.92 Å². The monoisotopic (exact) mass is 384 g/mol. The number of aryl methyl sites for hydroxylation is 1. The average Bonchev–Trinajstić information content (AvgIpc) is 2.91. The lowest BCUT2D eigenvalue weighted by molar-refractivity contribution is -0.384. The molecule has 0 unspecified atom stereocenters. The number of carbonyl (C=O) groups is 1. The van der Waals surface area contributed by atoms with Crippen molar-refractivity contribution in [3.05, 3.63) is 74.2 Å². The molecule has 26 heavy (non-hydrogen) atoms. The molecule has 3 rings (SSSR count). The van der Waals surface area contributed by atoms with Gasteiger partial charge in [0, 0.05) is 12.1 Å². The van der Waals surface area contributed by atoms with E-state index in [-0.39, 0.29) is 11.6 Å². The van der Waals surface area contributed by atoms with Crippen LogP contribution >= 0.6 is 24.0 Å². The third kappa shape index (κ3) is 3.15. The van der Waals surface area contributed by atoms with E-state index in [2.05, 4.69) is 0 Å². The van der Waals surface area contributed by atoms with E-state index in [1.165, 1.54) is 23.9 Å². The molecule has 1 fully saturated rings. The van der Waals surface area contributed by atoms with Crippen LogP contribution < -0.4 is 4.90 Å². The van der Waals surface area contributed by atoms with Gasteiger partial charge in [-0.3, -0.25) is 19.8 Å². The summed E-state index contributed by atoms with van der Waals surface area (Å²) in [5.41, 5.74) is 4.16. The predicted molar refractivity (Wildman–Crippen MR) is 109 cm³/mol. The molecule has 7 heteroatoms. The molecule has 0 radical (unpaired) electrons. The van der Waals surface area contributed by atoms with E-state index in [4.69, 9.17) is 12.2 Å². The van der Waals surface area contributed by atoms with Crippen molar-refractivity contribution in [3.8, 4) is 0 Å². The van der Waals surface area contributed by atoms with Crippen LogP contribution in [-0.4, -0.2) is 15.2 Å². The lowest BCUT2D eigenvalue weighted by Gasteiger charge is -2.18. The predicted octanol–water partition coefficient (Wildman–Crippen LogP) is 5.01. The van der Waals surface area contributed by atoms with Gasteiger partial charge in [-0.15, -0.1) is 0 Å². The second-order valence-corrected chi connectivity index (χ2v) is 7.63. The molecular formula is C19H16N2O3S2. The maximum atomic E-state index is 13.0. The number of hydrogen-bond acceptors (Lipinski definition) is 5. The van der Waals surface area contributed by atoms with Crippen LogP contribution in [0.2, 0.25) is 0 Å². The van der Waals surface area contributed by atoms with Gasteiger partial charge in [-0.2, -0.15) is 0 Å². The smallest absolute Gasteiger partial charge is 0.268 e. The average molecular weight is 384 g/mol. The van der Waals surface area contributed by atoms with Gasteiger partial charge in [0.05, 0.1) is 15.5 Å². The Morgan fingerprint density at radius 1 is 1.19 bits per heavy atom. The standard InChI is InChI=1S/C19H16N2O3S2/c1-11-6-4-9-16(12(11)2)20-18(22)17(26-19(20)25)13(3)14-7-5-8-15(10-14)21(23)24/h4-10H,1-3H3/b17-13+. The van der Waals surface area contributed by atoms with Gasteiger partial charge in [0.25, 0.3) is 11.6 Å². The number of allylic oxidation sites excluding steroid dienone is 1. The van der Waals surface area contributed by atoms with E-state index in [9.17, 15) is 14.9 Å². The Morgan fingerprint density at radius 2 is 1.88 bits per heavy atom. The number of carbonyl (C=O) groups excluding carboxylic acids is 1. The van der Waals surface area contributed by atoms with Crippen molar-refractivity contribution in [2.24, 2.45) is 0 Å².